The molecule has 0 radical (unpaired) electrons. The van der Waals surface area contributed by atoms with Crippen molar-refractivity contribution in [3.63, 3.8) is 0 Å². The zero-order valence-electron chi connectivity index (χ0n) is 11.1. The summed E-state index contributed by atoms with van der Waals surface area (Å²) in [5.74, 6) is 0. The van der Waals surface area contributed by atoms with Gasteiger partial charge in [-0.3, -0.25) is 9.36 Å². The zero-order chi connectivity index (χ0) is 14.0. The topological polar surface area (TPSA) is 58.7 Å². The van der Waals surface area contributed by atoms with Crippen molar-refractivity contribution in [3.05, 3.63) is 34.6 Å². The monoisotopic (exact) mass is 273 g/mol. The maximum Gasteiger partial charge on any atom is 0.262 e. The fourth-order valence-electron chi connectivity index (χ4n) is 1.85. The molecular formula is C14H15N3OS. The van der Waals surface area contributed by atoms with E-state index in [4.69, 9.17) is 5.26 Å². The number of para-hydroxylation sites is 1. The second-order valence-electron chi connectivity index (χ2n) is 4.57. The van der Waals surface area contributed by atoms with Crippen LogP contribution in [0.15, 0.2) is 34.2 Å². The van der Waals surface area contributed by atoms with E-state index in [2.05, 4.69) is 11.1 Å². The molecular weight excluding hydrogens is 258 g/mol. The van der Waals surface area contributed by atoms with Crippen molar-refractivity contribution in [1.82, 2.24) is 9.55 Å². The van der Waals surface area contributed by atoms with Gasteiger partial charge in [0, 0.05) is 6.04 Å². The summed E-state index contributed by atoms with van der Waals surface area (Å²) in [5.41, 5.74) is 0.630. The molecule has 0 saturated heterocycles. The van der Waals surface area contributed by atoms with Crippen LogP contribution in [0.1, 0.15) is 26.8 Å². The number of nitrogens with zero attached hydrogens (tertiary/aromatic N) is 3. The number of aromatic nitrogens is 2. The Balaban J connectivity index is 2.71. The van der Waals surface area contributed by atoms with Crippen molar-refractivity contribution in [3.8, 4) is 6.07 Å². The van der Waals surface area contributed by atoms with Crippen molar-refractivity contribution >= 4 is 22.7 Å². The van der Waals surface area contributed by atoms with Gasteiger partial charge in [0.1, 0.15) is 0 Å². The van der Waals surface area contributed by atoms with Gasteiger partial charge in [0.2, 0.25) is 0 Å². The number of thioether (sulfide) groups is 1. The lowest BCUT2D eigenvalue weighted by atomic mass is 10.2. The van der Waals surface area contributed by atoms with Crippen LogP contribution in [0.5, 0.6) is 0 Å². The first-order chi connectivity index (χ1) is 9.04. The molecule has 0 aliphatic heterocycles. The van der Waals surface area contributed by atoms with E-state index in [0.29, 0.717) is 16.1 Å². The minimum absolute atomic E-state index is 0.0120. The maximum absolute atomic E-state index is 12.5. The summed E-state index contributed by atoms with van der Waals surface area (Å²) in [6, 6.07) is 9.46. The quantitative estimate of drug-likeness (QED) is 0.637. The SMILES string of the molecule is CC(C)n1c(S[C@@H](C)C#N)nc2ccccc2c1=O. The first kappa shape index (κ1) is 13.6. The van der Waals surface area contributed by atoms with Crippen molar-refractivity contribution in [2.45, 2.75) is 37.2 Å². The van der Waals surface area contributed by atoms with Gasteiger partial charge in [-0.1, -0.05) is 23.9 Å². The number of hydrogen-bond acceptors (Lipinski definition) is 4. The van der Waals surface area contributed by atoms with E-state index in [0.717, 1.165) is 0 Å². The largest absolute Gasteiger partial charge is 0.284 e. The summed E-state index contributed by atoms with van der Waals surface area (Å²) in [7, 11) is 0. The van der Waals surface area contributed by atoms with Crippen LogP contribution >= 0.6 is 11.8 Å². The summed E-state index contributed by atoms with van der Waals surface area (Å²) in [5, 5.41) is 9.90. The summed E-state index contributed by atoms with van der Waals surface area (Å²) in [4.78, 5) is 17.0. The van der Waals surface area contributed by atoms with Gasteiger partial charge in [0.25, 0.3) is 5.56 Å². The molecule has 0 spiro atoms. The summed E-state index contributed by atoms with van der Waals surface area (Å²) in [6.07, 6.45) is 0. The van der Waals surface area contributed by atoms with Crippen LogP contribution in [-0.4, -0.2) is 14.8 Å². The summed E-state index contributed by atoms with van der Waals surface area (Å²) < 4.78 is 1.65. The fraction of sp³-hybridized carbons (Fsp3) is 0.357. The standard InChI is InChI=1S/C14H15N3OS/c1-9(2)17-13(18)11-6-4-5-7-12(11)16-14(17)19-10(3)8-15/h4-7,9-10H,1-3H3/t10-/m0/s1. The number of nitriles is 1. The molecule has 4 nitrogen and oxygen atoms in total. The predicted octanol–water partition coefficient (Wildman–Crippen LogP) is 2.98. The normalized spacial score (nSPS) is 12.6. The molecule has 1 aromatic carbocycles. The van der Waals surface area contributed by atoms with Crippen molar-refractivity contribution < 1.29 is 0 Å². The molecule has 0 amide bonds. The Labute approximate surface area is 116 Å². The van der Waals surface area contributed by atoms with Crippen LogP contribution in [0.2, 0.25) is 0 Å². The van der Waals surface area contributed by atoms with Crippen LogP contribution < -0.4 is 5.56 Å². The van der Waals surface area contributed by atoms with Gasteiger partial charge < -0.3 is 0 Å². The number of benzene rings is 1. The third kappa shape index (κ3) is 2.64. The molecule has 98 valence electrons. The Morgan fingerprint density at radius 2 is 2.00 bits per heavy atom. The fourth-order valence-corrected chi connectivity index (χ4v) is 2.78. The summed E-state index contributed by atoms with van der Waals surface area (Å²) in [6.45, 7) is 5.69. The van der Waals surface area contributed by atoms with Crippen LogP contribution in [0.4, 0.5) is 0 Å². The molecule has 0 saturated carbocycles. The number of rotatable bonds is 3. The smallest absolute Gasteiger partial charge is 0.262 e. The molecule has 2 aromatic rings. The van der Waals surface area contributed by atoms with Gasteiger partial charge in [-0.25, -0.2) is 4.98 Å². The average Bonchev–Trinajstić information content (AvgIpc) is 2.38. The van der Waals surface area contributed by atoms with Crippen molar-refractivity contribution in [2.75, 3.05) is 0 Å². The highest BCUT2D eigenvalue weighted by atomic mass is 32.2. The third-order valence-corrected chi connectivity index (χ3v) is 3.71. The first-order valence-electron chi connectivity index (χ1n) is 6.12. The number of hydrogen-bond donors (Lipinski definition) is 0. The van der Waals surface area contributed by atoms with Gasteiger partial charge in [-0.2, -0.15) is 5.26 Å². The van der Waals surface area contributed by atoms with E-state index in [1.165, 1.54) is 11.8 Å². The Hall–Kier alpha value is -1.80. The van der Waals surface area contributed by atoms with Crippen LogP contribution in [-0.2, 0) is 0 Å². The highest BCUT2D eigenvalue weighted by molar-refractivity contribution is 8.00. The lowest BCUT2D eigenvalue weighted by Gasteiger charge is -2.16. The highest BCUT2D eigenvalue weighted by Crippen LogP contribution is 2.24. The van der Waals surface area contributed by atoms with E-state index in [1.54, 1.807) is 17.6 Å². The lowest BCUT2D eigenvalue weighted by Crippen LogP contribution is -2.25. The van der Waals surface area contributed by atoms with E-state index >= 15 is 0 Å². The van der Waals surface area contributed by atoms with E-state index in [1.807, 2.05) is 32.0 Å². The average molecular weight is 273 g/mol. The Bertz CT molecular complexity index is 700. The van der Waals surface area contributed by atoms with Gasteiger partial charge in [-0.05, 0) is 32.9 Å². The molecule has 0 aliphatic rings. The van der Waals surface area contributed by atoms with Gasteiger partial charge in [0.05, 0.1) is 22.2 Å². The molecule has 0 aliphatic carbocycles. The van der Waals surface area contributed by atoms with Gasteiger partial charge in [-0.15, -0.1) is 0 Å². The first-order valence-corrected chi connectivity index (χ1v) is 7.00. The second kappa shape index (κ2) is 5.45. The molecule has 0 fully saturated rings. The minimum atomic E-state index is -0.238. The highest BCUT2D eigenvalue weighted by Gasteiger charge is 2.15. The van der Waals surface area contributed by atoms with E-state index in [-0.39, 0.29) is 16.9 Å². The molecule has 0 N–H and O–H groups in total. The number of fused-ring (bicyclic) bond motifs is 1. The predicted molar refractivity (Wildman–Crippen MR) is 77.3 cm³/mol. The van der Waals surface area contributed by atoms with Crippen molar-refractivity contribution in [1.29, 1.82) is 5.26 Å². The Morgan fingerprint density at radius 3 is 2.63 bits per heavy atom. The molecule has 1 aromatic heterocycles. The lowest BCUT2D eigenvalue weighted by molar-refractivity contribution is 0.519. The minimum Gasteiger partial charge on any atom is -0.284 e. The molecule has 2 rings (SSSR count). The van der Waals surface area contributed by atoms with E-state index < -0.39 is 0 Å². The van der Waals surface area contributed by atoms with Crippen molar-refractivity contribution in [2.24, 2.45) is 0 Å². The second-order valence-corrected chi connectivity index (χ2v) is 5.88. The Morgan fingerprint density at radius 1 is 1.32 bits per heavy atom. The van der Waals surface area contributed by atoms with Gasteiger partial charge in [0.15, 0.2) is 5.16 Å². The maximum atomic E-state index is 12.5. The van der Waals surface area contributed by atoms with Gasteiger partial charge >= 0.3 is 0 Å². The molecule has 5 heteroatoms. The Kier molecular flexibility index (Phi) is 3.91. The third-order valence-electron chi connectivity index (χ3n) is 2.76. The molecule has 1 atom stereocenters. The zero-order valence-corrected chi connectivity index (χ0v) is 11.9. The molecule has 0 bridgehead atoms. The van der Waals surface area contributed by atoms with Crippen LogP contribution in [0.3, 0.4) is 0 Å². The van der Waals surface area contributed by atoms with Crippen LogP contribution in [0.25, 0.3) is 10.9 Å². The van der Waals surface area contributed by atoms with Crippen LogP contribution in [0, 0.1) is 11.3 Å². The molecule has 19 heavy (non-hydrogen) atoms. The van der Waals surface area contributed by atoms with E-state index in [9.17, 15) is 4.79 Å². The summed E-state index contributed by atoms with van der Waals surface area (Å²) >= 11 is 1.32. The molecule has 0 unspecified atom stereocenters. The molecule has 1 heterocycles.